The Bertz CT molecular complexity index is 1050. The maximum atomic E-state index is 11.4. The summed E-state index contributed by atoms with van der Waals surface area (Å²) in [4.78, 5) is 27.4. The Labute approximate surface area is 203 Å². The summed E-state index contributed by atoms with van der Waals surface area (Å²) in [5.41, 5.74) is 3.15. The molecule has 3 heterocycles. The minimum atomic E-state index is -0.911. The Hall–Kier alpha value is -2.46. The van der Waals surface area contributed by atoms with E-state index in [2.05, 4.69) is 51.9 Å². The summed E-state index contributed by atoms with van der Waals surface area (Å²) in [6.45, 7) is 12.1. The van der Waals surface area contributed by atoms with Gasteiger partial charge in [0.1, 0.15) is 4.75 Å². The van der Waals surface area contributed by atoms with Crippen LogP contribution in [0.15, 0.2) is 34.5 Å². The molecule has 0 spiro atoms. The molecule has 33 heavy (non-hydrogen) atoms. The fourth-order valence-corrected chi connectivity index (χ4v) is 5.31. The second kappa shape index (κ2) is 11.1. The molecular formula is C23H32N6O2S2. The summed E-state index contributed by atoms with van der Waals surface area (Å²) in [6.07, 6.45) is 9.35. The number of rotatable bonds is 12. The topological polar surface area (TPSA) is 97.0 Å². The van der Waals surface area contributed by atoms with Crippen molar-refractivity contribution >= 4 is 35.0 Å². The van der Waals surface area contributed by atoms with Crippen LogP contribution >= 0.6 is 23.1 Å². The Balaban J connectivity index is 1.71. The van der Waals surface area contributed by atoms with Crippen LogP contribution in [0.25, 0.3) is 0 Å². The van der Waals surface area contributed by atoms with Gasteiger partial charge in [-0.25, -0.2) is 15.0 Å². The SMILES string of the molecule is CCc1cnc(N(CCc2csc(SC(C)(C)C(=O)O)n2)Cc2cnn(CC(C)C)c2)nc1. The van der Waals surface area contributed by atoms with Crippen LogP contribution in [-0.4, -0.2) is 47.1 Å². The molecule has 0 amide bonds. The van der Waals surface area contributed by atoms with Crippen molar-refractivity contribution in [2.75, 3.05) is 11.4 Å². The van der Waals surface area contributed by atoms with Gasteiger partial charge in [-0.05, 0) is 31.7 Å². The van der Waals surface area contributed by atoms with E-state index in [9.17, 15) is 9.90 Å². The monoisotopic (exact) mass is 488 g/mol. The molecule has 178 valence electrons. The van der Waals surface area contributed by atoms with Crippen molar-refractivity contribution in [1.29, 1.82) is 0 Å². The largest absolute Gasteiger partial charge is 0.480 e. The first-order chi connectivity index (χ1) is 15.7. The highest BCUT2D eigenvalue weighted by molar-refractivity contribution is 8.02. The van der Waals surface area contributed by atoms with Gasteiger partial charge in [-0.2, -0.15) is 5.10 Å². The quantitative estimate of drug-likeness (QED) is 0.371. The molecule has 0 fully saturated rings. The lowest BCUT2D eigenvalue weighted by Crippen LogP contribution is -2.27. The van der Waals surface area contributed by atoms with Crippen LogP contribution in [-0.2, 0) is 30.7 Å². The van der Waals surface area contributed by atoms with Crippen LogP contribution in [0.3, 0.4) is 0 Å². The zero-order chi connectivity index (χ0) is 24.0. The van der Waals surface area contributed by atoms with E-state index in [1.807, 2.05) is 28.7 Å². The van der Waals surface area contributed by atoms with Gasteiger partial charge in [-0.15, -0.1) is 11.3 Å². The summed E-state index contributed by atoms with van der Waals surface area (Å²) in [5, 5.41) is 15.9. The van der Waals surface area contributed by atoms with Crippen LogP contribution in [0, 0.1) is 5.92 Å². The van der Waals surface area contributed by atoms with Crippen molar-refractivity contribution in [2.24, 2.45) is 5.92 Å². The molecule has 3 rings (SSSR count). The van der Waals surface area contributed by atoms with Gasteiger partial charge in [-0.3, -0.25) is 9.48 Å². The minimum absolute atomic E-state index is 0.529. The maximum Gasteiger partial charge on any atom is 0.319 e. The number of aliphatic carboxylic acids is 1. The van der Waals surface area contributed by atoms with Crippen molar-refractivity contribution in [3.05, 3.63) is 47.0 Å². The summed E-state index contributed by atoms with van der Waals surface area (Å²) in [6, 6.07) is 0. The third kappa shape index (κ3) is 7.26. The number of carboxylic acids is 1. The number of thiazole rings is 1. The molecule has 0 radical (unpaired) electrons. The molecule has 0 atom stereocenters. The molecule has 0 aliphatic heterocycles. The first-order valence-corrected chi connectivity index (χ1v) is 12.8. The lowest BCUT2D eigenvalue weighted by atomic mass is 10.2. The molecule has 0 saturated carbocycles. The van der Waals surface area contributed by atoms with Crippen molar-refractivity contribution in [2.45, 2.75) is 69.6 Å². The molecule has 0 saturated heterocycles. The van der Waals surface area contributed by atoms with Crippen molar-refractivity contribution in [3.8, 4) is 0 Å². The average molecular weight is 489 g/mol. The fraction of sp³-hybridized carbons (Fsp3) is 0.522. The average Bonchev–Trinajstić information content (AvgIpc) is 3.39. The van der Waals surface area contributed by atoms with E-state index < -0.39 is 10.7 Å². The number of carboxylic acid groups (broad SMARTS) is 1. The molecular weight excluding hydrogens is 456 g/mol. The normalized spacial score (nSPS) is 11.8. The lowest BCUT2D eigenvalue weighted by molar-refractivity contribution is -0.138. The standard InChI is InChI=1S/C23H32N6O2S2/c1-6-17-9-24-21(25-10-17)28(13-18-11-26-29(14-18)12-16(2)3)8-7-19-15-32-22(27-19)33-23(4,5)20(30)31/h9-11,14-16H,6-8,12-13H2,1-5H3,(H,30,31). The van der Waals surface area contributed by atoms with Crippen LogP contribution < -0.4 is 4.90 Å². The maximum absolute atomic E-state index is 11.4. The smallest absolute Gasteiger partial charge is 0.319 e. The van der Waals surface area contributed by atoms with Gasteiger partial charge in [0.05, 0.1) is 11.9 Å². The van der Waals surface area contributed by atoms with E-state index in [4.69, 9.17) is 0 Å². The van der Waals surface area contributed by atoms with Crippen molar-refractivity contribution in [3.63, 3.8) is 0 Å². The fourth-order valence-electron chi connectivity index (χ4n) is 3.09. The molecule has 0 unspecified atom stereocenters. The Kier molecular flexibility index (Phi) is 8.47. The number of nitrogens with zero attached hydrogens (tertiary/aromatic N) is 6. The Morgan fingerprint density at radius 3 is 2.61 bits per heavy atom. The number of aryl methyl sites for hydroxylation is 1. The first-order valence-electron chi connectivity index (χ1n) is 11.1. The van der Waals surface area contributed by atoms with Gasteiger partial charge in [0.2, 0.25) is 5.95 Å². The number of thioether (sulfide) groups is 1. The molecule has 0 aliphatic carbocycles. The van der Waals surface area contributed by atoms with E-state index in [0.717, 1.165) is 34.1 Å². The lowest BCUT2D eigenvalue weighted by Gasteiger charge is -2.21. The summed E-state index contributed by atoms with van der Waals surface area (Å²) < 4.78 is 1.84. The molecule has 8 nitrogen and oxygen atoms in total. The molecule has 10 heteroatoms. The number of aromatic nitrogens is 5. The van der Waals surface area contributed by atoms with Gasteiger partial charge in [0.25, 0.3) is 0 Å². The second-order valence-electron chi connectivity index (χ2n) is 8.90. The van der Waals surface area contributed by atoms with Crippen LogP contribution in [0.5, 0.6) is 0 Å². The molecule has 0 bridgehead atoms. The highest BCUT2D eigenvalue weighted by atomic mass is 32.2. The molecule has 0 aromatic carbocycles. The predicted octanol–water partition coefficient (Wildman–Crippen LogP) is 4.55. The van der Waals surface area contributed by atoms with E-state index in [1.165, 1.54) is 23.1 Å². The van der Waals surface area contributed by atoms with E-state index >= 15 is 0 Å². The number of anilines is 1. The molecule has 1 N–H and O–H groups in total. The van der Waals surface area contributed by atoms with Crippen LogP contribution in [0.1, 0.15) is 51.4 Å². The summed E-state index contributed by atoms with van der Waals surface area (Å²) >= 11 is 2.76. The highest BCUT2D eigenvalue weighted by Crippen LogP contribution is 2.34. The highest BCUT2D eigenvalue weighted by Gasteiger charge is 2.29. The minimum Gasteiger partial charge on any atom is -0.480 e. The van der Waals surface area contributed by atoms with Gasteiger partial charge in [0, 0.05) is 55.6 Å². The van der Waals surface area contributed by atoms with E-state index in [-0.39, 0.29) is 0 Å². The van der Waals surface area contributed by atoms with Gasteiger partial charge >= 0.3 is 5.97 Å². The number of hydrogen-bond acceptors (Lipinski definition) is 8. The Morgan fingerprint density at radius 1 is 1.24 bits per heavy atom. The first kappa shape index (κ1) is 25.2. The van der Waals surface area contributed by atoms with Gasteiger partial charge in [-0.1, -0.05) is 32.5 Å². The van der Waals surface area contributed by atoms with Gasteiger partial charge < -0.3 is 10.0 Å². The zero-order valence-electron chi connectivity index (χ0n) is 19.9. The molecule has 3 aromatic rings. The Morgan fingerprint density at radius 2 is 1.97 bits per heavy atom. The van der Waals surface area contributed by atoms with Crippen LogP contribution in [0.2, 0.25) is 0 Å². The molecule has 3 aromatic heterocycles. The third-order valence-electron chi connectivity index (χ3n) is 5.02. The van der Waals surface area contributed by atoms with Crippen molar-refractivity contribution in [1.82, 2.24) is 24.7 Å². The van der Waals surface area contributed by atoms with Crippen molar-refractivity contribution < 1.29 is 9.90 Å². The van der Waals surface area contributed by atoms with Crippen LogP contribution in [0.4, 0.5) is 5.95 Å². The van der Waals surface area contributed by atoms with Gasteiger partial charge in [0.15, 0.2) is 4.34 Å². The number of carbonyl (C=O) groups is 1. The second-order valence-corrected chi connectivity index (χ2v) is 11.6. The third-order valence-corrected chi connectivity index (χ3v) is 7.19. The summed E-state index contributed by atoms with van der Waals surface area (Å²) in [7, 11) is 0. The van der Waals surface area contributed by atoms with E-state index in [1.54, 1.807) is 13.8 Å². The van der Waals surface area contributed by atoms with E-state index in [0.29, 0.717) is 31.4 Å². The molecule has 0 aliphatic rings. The zero-order valence-corrected chi connectivity index (χ0v) is 21.5. The predicted molar refractivity (Wildman–Crippen MR) is 133 cm³/mol. The number of hydrogen-bond donors (Lipinski definition) is 1. The summed E-state index contributed by atoms with van der Waals surface area (Å²) in [5.74, 6) is 0.364.